The van der Waals surface area contributed by atoms with Gasteiger partial charge >= 0.3 is 0 Å². The van der Waals surface area contributed by atoms with Crippen molar-refractivity contribution >= 4 is 38.3 Å². The smallest absolute Gasteiger partial charge is 0.268 e. The van der Waals surface area contributed by atoms with Crippen LogP contribution in [-0.4, -0.2) is 30.6 Å². The minimum absolute atomic E-state index is 0.286. The fourth-order valence-corrected chi connectivity index (χ4v) is 4.47. The Morgan fingerprint density at radius 3 is 2.52 bits per heavy atom. The summed E-state index contributed by atoms with van der Waals surface area (Å²) >= 11 is 5.16. The van der Waals surface area contributed by atoms with Gasteiger partial charge in [0.15, 0.2) is 5.11 Å². The second-order valence-electron chi connectivity index (χ2n) is 6.36. The van der Waals surface area contributed by atoms with E-state index in [0.717, 1.165) is 29.5 Å². The molecule has 1 aromatic heterocycles. The van der Waals surface area contributed by atoms with Crippen molar-refractivity contribution in [3.8, 4) is 0 Å². The number of thiocarbonyl (C=S) groups is 1. The molecule has 7 heteroatoms. The Bertz CT molecular complexity index is 1050. The number of aromatic nitrogens is 1. The van der Waals surface area contributed by atoms with Gasteiger partial charge in [-0.1, -0.05) is 29.8 Å². The lowest BCUT2D eigenvalue weighted by Crippen LogP contribution is -2.36. The van der Waals surface area contributed by atoms with Crippen LogP contribution >= 0.6 is 12.2 Å². The summed E-state index contributed by atoms with van der Waals surface area (Å²) in [6, 6.07) is 14.6. The van der Waals surface area contributed by atoms with E-state index in [9.17, 15) is 8.42 Å². The minimum Gasteiger partial charge on any atom is -0.363 e. The maximum Gasteiger partial charge on any atom is 0.268 e. The molecule has 0 radical (unpaired) electrons. The number of aryl methyl sites for hydroxylation is 1. The van der Waals surface area contributed by atoms with Crippen molar-refractivity contribution in [3.05, 3.63) is 65.9 Å². The van der Waals surface area contributed by atoms with E-state index in [2.05, 4.69) is 10.6 Å². The number of fused-ring (bicyclic) bond motifs is 1. The van der Waals surface area contributed by atoms with Gasteiger partial charge in [0.05, 0.1) is 10.4 Å². The lowest BCUT2D eigenvalue weighted by atomic mass is 10.1. The molecule has 0 aliphatic heterocycles. The van der Waals surface area contributed by atoms with Crippen molar-refractivity contribution in [2.75, 3.05) is 13.1 Å². The molecule has 0 aliphatic carbocycles. The first-order valence-electron chi connectivity index (χ1n) is 8.86. The van der Waals surface area contributed by atoms with E-state index in [0.29, 0.717) is 17.2 Å². The monoisotopic (exact) mass is 401 g/mol. The van der Waals surface area contributed by atoms with Crippen molar-refractivity contribution in [1.29, 1.82) is 0 Å². The zero-order valence-corrected chi connectivity index (χ0v) is 17.0. The summed E-state index contributed by atoms with van der Waals surface area (Å²) in [5.74, 6) is 0. The molecule has 3 aromatic rings. The third-order valence-corrected chi connectivity index (χ3v) is 6.33. The number of rotatable bonds is 6. The Morgan fingerprint density at radius 1 is 1.07 bits per heavy atom. The normalized spacial score (nSPS) is 11.5. The largest absolute Gasteiger partial charge is 0.363 e. The second kappa shape index (κ2) is 8.10. The molecule has 0 saturated heterocycles. The van der Waals surface area contributed by atoms with E-state index < -0.39 is 10.0 Å². The molecule has 3 rings (SSSR count). The highest BCUT2D eigenvalue weighted by molar-refractivity contribution is 7.90. The van der Waals surface area contributed by atoms with Gasteiger partial charge < -0.3 is 10.6 Å². The van der Waals surface area contributed by atoms with Crippen molar-refractivity contribution in [2.45, 2.75) is 25.2 Å². The van der Waals surface area contributed by atoms with Crippen LogP contribution in [0.5, 0.6) is 0 Å². The number of nitrogens with one attached hydrogen (secondary N) is 2. The third-order valence-electron chi connectivity index (χ3n) is 4.34. The summed E-state index contributed by atoms with van der Waals surface area (Å²) in [5, 5.41) is 7.71. The van der Waals surface area contributed by atoms with Crippen LogP contribution in [0.4, 0.5) is 0 Å². The molecule has 0 saturated carbocycles. The van der Waals surface area contributed by atoms with Crippen molar-refractivity contribution in [3.63, 3.8) is 0 Å². The van der Waals surface area contributed by atoms with E-state index in [4.69, 9.17) is 12.2 Å². The molecule has 2 N–H and O–H groups in total. The number of hydrogen-bond acceptors (Lipinski definition) is 3. The number of benzene rings is 2. The Morgan fingerprint density at radius 2 is 1.81 bits per heavy atom. The van der Waals surface area contributed by atoms with Gasteiger partial charge in [-0.15, -0.1) is 0 Å². The van der Waals surface area contributed by atoms with Gasteiger partial charge in [0, 0.05) is 24.7 Å². The quantitative estimate of drug-likeness (QED) is 0.621. The topological polar surface area (TPSA) is 63.1 Å². The Hall–Kier alpha value is -2.38. The predicted molar refractivity (Wildman–Crippen MR) is 114 cm³/mol. The first kappa shape index (κ1) is 19.4. The third kappa shape index (κ3) is 4.31. The lowest BCUT2D eigenvalue weighted by molar-refractivity contribution is 0.589. The first-order chi connectivity index (χ1) is 12.9. The molecule has 0 bridgehead atoms. The van der Waals surface area contributed by atoms with Crippen LogP contribution in [0.1, 0.15) is 18.1 Å². The van der Waals surface area contributed by atoms with Crippen LogP contribution in [0.2, 0.25) is 0 Å². The van der Waals surface area contributed by atoms with Crippen LogP contribution in [0.25, 0.3) is 10.9 Å². The van der Waals surface area contributed by atoms with Crippen LogP contribution < -0.4 is 10.6 Å². The fourth-order valence-electron chi connectivity index (χ4n) is 2.88. The van der Waals surface area contributed by atoms with Crippen LogP contribution in [0.3, 0.4) is 0 Å². The van der Waals surface area contributed by atoms with E-state index >= 15 is 0 Å². The highest BCUT2D eigenvalue weighted by Crippen LogP contribution is 2.23. The van der Waals surface area contributed by atoms with E-state index in [1.807, 2.05) is 50.2 Å². The molecule has 142 valence electrons. The van der Waals surface area contributed by atoms with Gasteiger partial charge in [0.2, 0.25) is 0 Å². The van der Waals surface area contributed by atoms with E-state index in [1.165, 1.54) is 3.97 Å². The first-order valence-corrected chi connectivity index (χ1v) is 10.7. The summed E-state index contributed by atoms with van der Waals surface area (Å²) in [5.41, 5.74) is 2.76. The van der Waals surface area contributed by atoms with Crippen LogP contribution in [0, 0.1) is 6.92 Å². The highest BCUT2D eigenvalue weighted by atomic mass is 32.2. The molecule has 27 heavy (non-hydrogen) atoms. The van der Waals surface area contributed by atoms with Crippen molar-refractivity contribution in [1.82, 2.24) is 14.6 Å². The van der Waals surface area contributed by atoms with E-state index in [-0.39, 0.29) is 4.90 Å². The standard InChI is InChI=1S/C20H23N3O2S2/c1-3-21-20(26)22-12-10-16-6-7-17-11-13-23(19(17)14-16)27(24,25)18-8-4-15(2)5-9-18/h4-9,11,13-14H,3,10,12H2,1-2H3,(H2,21,22,26). The Kier molecular flexibility index (Phi) is 5.82. The second-order valence-corrected chi connectivity index (χ2v) is 8.58. The SMILES string of the molecule is CCNC(=S)NCCc1ccc2ccn(S(=O)(=O)c3ccc(C)cc3)c2c1. The summed E-state index contributed by atoms with van der Waals surface area (Å²) < 4.78 is 27.4. The molecule has 2 aromatic carbocycles. The molecule has 0 aliphatic rings. The van der Waals surface area contributed by atoms with Gasteiger partial charge in [0.1, 0.15) is 0 Å². The van der Waals surface area contributed by atoms with Crippen LogP contribution in [0.15, 0.2) is 59.6 Å². The van der Waals surface area contributed by atoms with Crippen molar-refractivity contribution in [2.24, 2.45) is 0 Å². The molecule has 0 spiro atoms. The molecule has 5 nitrogen and oxygen atoms in total. The maximum absolute atomic E-state index is 13.0. The molecule has 0 fully saturated rings. The number of nitrogens with zero attached hydrogens (tertiary/aromatic N) is 1. The zero-order chi connectivity index (χ0) is 19.4. The van der Waals surface area contributed by atoms with Crippen molar-refractivity contribution < 1.29 is 8.42 Å². The minimum atomic E-state index is -3.63. The predicted octanol–water partition coefficient (Wildman–Crippen LogP) is 3.21. The fraction of sp³-hybridized carbons (Fsp3) is 0.250. The summed E-state index contributed by atoms with van der Waals surface area (Å²) in [7, 11) is -3.63. The lowest BCUT2D eigenvalue weighted by Gasteiger charge is -2.10. The maximum atomic E-state index is 13.0. The molecule has 0 atom stereocenters. The summed E-state index contributed by atoms with van der Waals surface area (Å²) in [6.45, 7) is 5.39. The average molecular weight is 402 g/mol. The summed E-state index contributed by atoms with van der Waals surface area (Å²) in [6.07, 6.45) is 2.36. The molecule has 0 unspecified atom stereocenters. The Labute approximate surface area is 165 Å². The average Bonchev–Trinajstić information content (AvgIpc) is 3.06. The van der Waals surface area contributed by atoms with E-state index in [1.54, 1.807) is 18.3 Å². The summed E-state index contributed by atoms with van der Waals surface area (Å²) in [4.78, 5) is 0.286. The zero-order valence-electron chi connectivity index (χ0n) is 15.4. The van der Waals surface area contributed by atoms with Gasteiger partial charge in [-0.05, 0) is 62.3 Å². The Balaban J connectivity index is 1.87. The molecular weight excluding hydrogens is 378 g/mol. The van der Waals surface area contributed by atoms with Gasteiger partial charge in [0.25, 0.3) is 10.0 Å². The highest BCUT2D eigenvalue weighted by Gasteiger charge is 2.18. The van der Waals surface area contributed by atoms with Gasteiger partial charge in [-0.25, -0.2) is 12.4 Å². The van der Waals surface area contributed by atoms with Crippen LogP contribution in [-0.2, 0) is 16.4 Å². The number of hydrogen-bond donors (Lipinski definition) is 2. The van der Waals surface area contributed by atoms with Gasteiger partial charge in [-0.3, -0.25) is 0 Å². The molecule has 0 amide bonds. The van der Waals surface area contributed by atoms with Gasteiger partial charge in [-0.2, -0.15) is 0 Å². The molecule has 1 heterocycles. The molecular formula is C20H23N3O2S2.